The van der Waals surface area contributed by atoms with Crippen LogP contribution in [0.3, 0.4) is 0 Å². The normalized spacial score (nSPS) is 14.6. The van der Waals surface area contributed by atoms with Crippen molar-refractivity contribution >= 4 is 29.0 Å². The van der Waals surface area contributed by atoms with Gasteiger partial charge in [0.1, 0.15) is 12.4 Å². The smallest absolute Gasteiger partial charge is 0.225 e. The number of piperidine rings is 1. The van der Waals surface area contributed by atoms with Crippen molar-refractivity contribution in [2.75, 3.05) is 24.2 Å². The topological polar surface area (TPSA) is 51.1 Å². The molecule has 0 aliphatic carbocycles. The first kappa shape index (κ1) is 23.1. The Morgan fingerprint density at radius 3 is 2.53 bits per heavy atom. The predicted octanol–water partition coefficient (Wildman–Crippen LogP) is 6.35. The number of rotatable bonds is 10. The molecule has 1 saturated heterocycles. The van der Waals surface area contributed by atoms with Gasteiger partial charge in [0.05, 0.1) is 10.7 Å². The zero-order valence-corrected chi connectivity index (χ0v) is 20.6. The lowest BCUT2D eigenvalue weighted by Crippen LogP contribution is -2.34. The summed E-state index contributed by atoms with van der Waals surface area (Å²) in [7, 11) is 0. The fourth-order valence-corrected chi connectivity index (χ4v) is 5.34. The summed E-state index contributed by atoms with van der Waals surface area (Å²) < 4.78 is 5.92. The van der Waals surface area contributed by atoms with Crippen LogP contribution in [0.2, 0.25) is 0 Å². The van der Waals surface area contributed by atoms with Crippen LogP contribution in [0.5, 0.6) is 5.75 Å². The number of aromatic nitrogens is 3. The summed E-state index contributed by atoms with van der Waals surface area (Å²) >= 11 is 3.50. The van der Waals surface area contributed by atoms with Crippen LogP contribution in [-0.4, -0.2) is 34.3 Å². The predicted molar refractivity (Wildman–Crippen MR) is 134 cm³/mol. The van der Waals surface area contributed by atoms with E-state index < -0.39 is 0 Å². The van der Waals surface area contributed by atoms with Gasteiger partial charge in [-0.1, -0.05) is 19.8 Å². The Morgan fingerprint density at radius 2 is 1.84 bits per heavy atom. The molecule has 0 saturated carbocycles. The van der Waals surface area contributed by atoms with E-state index in [2.05, 4.69) is 45.6 Å². The molecule has 0 unspecified atom stereocenters. The van der Waals surface area contributed by atoms with Gasteiger partial charge in [-0.2, -0.15) is 0 Å². The third-order valence-corrected chi connectivity index (χ3v) is 7.70. The van der Waals surface area contributed by atoms with Crippen LogP contribution in [0, 0.1) is 0 Å². The van der Waals surface area contributed by atoms with Crippen LogP contribution in [0.15, 0.2) is 46.9 Å². The van der Waals surface area contributed by atoms with Gasteiger partial charge in [-0.3, -0.25) is 0 Å². The largest absolute Gasteiger partial charge is 0.487 e. The quantitative estimate of drug-likeness (QED) is 0.255. The number of benzene rings is 1. The summed E-state index contributed by atoms with van der Waals surface area (Å²) in [5, 5.41) is 3.37. The summed E-state index contributed by atoms with van der Waals surface area (Å²) in [4.78, 5) is 17.7. The van der Waals surface area contributed by atoms with Gasteiger partial charge < -0.3 is 9.64 Å². The van der Waals surface area contributed by atoms with Gasteiger partial charge >= 0.3 is 0 Å². The molecule has 7 heteroatoms. The standard InChI is InChI=1S/C25H32N4OS2/c1-3-4-5-6-19-15-26-25(27-16-19)29-13-11-20(12-14-29)24-28-21(18-32-24)17-30-22-7-9-23(31-2)10-8-22/h7-10,15-16,18,20H,3-6,11-14,17H2,1-2H3. The van der Waals surface area contributed by atoms with E-state index in [1.165, 1.54) is 34.7 Å². The molecular weight excluding hydrogens is 436 g/mol. The number of thiazole rings is 1. The Balaban J connectivity index is 1.25. The molecule has 3 aromatic rings. The van der Waals surface area contributed by atoms with E-state index in [1.807, 2.05) is 24.5 Å². The fraction of sp³-hybridized carbons (Fsp3) is 0.480. The second kappa shape index (κ2) is 11.7. The minimum absolute atomic E-state index is 0.513. The monoisotopic (exact) mass is 468 g/mol. The van der Waals surface area contributed by atoms with Crippen molar-refractivity contribution in [2.24, 2.45) is 0 Å². The van der Waals surface area contributed by atoms with E-state index in [0.29, 0.717) is 12.5 Å². The van der Waals surface area contributed by atoms with E-state index in [0.717, 1.165) is 49.7 Å². The van der Waals surface area contributed by atoms with Crippen LogP contribution < -0.4 is 9.64 Å². The maximum Gasteiger partial charge on any atom is 0.225 e. The van der Waals surface area contributed by atoms with Gasteiger partial charge in [-0.15, -0.1) is 23.1 Å². The van der Waals surface area contributed by atoms with Crippen molar-refractivity contribution in [1.29, 1.82) is 0 Å². The lowest BCUT2D eigenvalue weighted by atomic mass is 9.98. The van der Waals surface area contributed by atoms with Crippen molar-refractivity contribution in [1.82, 2.24) is 15.0 Å². The Kier molecular flexibility index (Phi) is 8.40. The molecular formula is C25H32N4OS2. The van der Waals surface area contributed by atoms with Gasteiger partial charge in [-0.25, -0.2) is 15.0 Å². The highest BCUT2D eigenvalue weighted by molar-refractivity contribution is 7.98. The molecule has 5 nitrogen and oxygen atoms in total. The Labute approximate surface area is 199 Å². The molecule has 0 bridgehead atoms. The highest BCUT2D eigenvalue weighted by Gasteiger charge is 2.24. The summed E-state index contributed by atoms with van der Waals surface area (Å²) in [5.74, 6) is 2.27. The van der Waals surface area contributed by atoms with E-state index in [-0.39, 0.29) is 0 Å². The highest BCUT2D eigenvalue weighted by Crippen LogP contribution is 2.31. The van der Waals surface area contributed by atoms with Crippen molar-refractivity contribution in [3.05, 3.63) is 58.3 Å². The second-order valence-electron chi connectivity index (χ2n) is 8.25. The Hall–Kier alpha value is -2.12. The molecule has 3 heterocycles. The van der Waals surface area contributed by atoms with Gasteiger partial charge in [0.25, 0.3) is 0 Å². The van der Waals surface area contributed by atoms with Crippen LogP contribution in [-0.2, 0) is 13.0 Å². The Morgan fingerprint density at radius 1 is 1.09 bits per heavy atom. The molecule has 0 atom stereocenters. The average Bonchev–Trinajstić information content (AvgIpc) is 3.33. The van der Waals surface area contributed by atoms with Gasteiger partial charge in [0, 0.05) is 41.7 Å². The molecule has 0 spiro atoms. The summed E-state index contributed by atoms with van der Waals surface area (Å²) in [6, 6.07) is 8.22. The zero-order valence-electron chi connectivity index (χ0n) is 19.0. The third kappa shape index (κ3) is 6.23. The molecule has 0 radical (unpaired) electrons. The van der Waals surface area contributed by atoms with E-state index in [4.69, 9.17) is 9.72 Å². The number of aryl methyl sites for hydroxylation is 1. The number of hydrogen-bond donors (Lipinski definition) is 0. The van der Waals surface area contributed by atoms with Crippen LogP contribution >= 0.6 is 23.1 Å². The summed E-state index contributed by atoms with van der Waals surface area (Å²) in [6.45, 7) is 4.71. The zero-order chi connectivity index (χ0) is 22.2. The molecule has 4 rings (SSSR count). The maximum absolute atomic E-state index is 5.92. The number of anilines is 1. The molecule has 0 amide bonds. The molecule has 1 aromatic carbocycles. The summed E-state index contributed by atoms with van der Waals surface area (Å²) in [5.41, 5.74) is 2.26. The first-order chi connectivity index (χ1) is 15.7. The molecule has 32 heavy (non-hydrogen) atoms. The van der Waals surface area contributed by atoms with Gasteiger partial charge in [0.2, 0.25) is 5.95 Å². The van der Waals surface area contributed by atoms with E-state index in [9.17, 15) is 0 Å². The lowest BCUT2D eigenvalue weighted by Gasteiger charge is -2.31. The van der Waals surface area contributed by atoms with Crippen molar-refractivity contribution < 1.29 is 4.74 Å². The number of nitrogens with zero attached hydrogens (tertiary/aromatic N) is 4. The number of unbranched alkanes of at least 4 members (excludes halogenated alkanes) is 2. The average molecular weight is 469 g/mol. The molecule has 1 aliphatic heterocycles. The van der Waals surface area contributed by atoms with Gasteiger partial charge in [0.15, 0.2) is 0 Å². The lowest BCUT2D eigenvalue weighted by molar-refractivity contribution is 0.301. The Bertz CT molecular complexity index is 951. The van der Waals surface area contributed by atoms with Crippen LogP contribution in [0.25, 0.3) is 0 Å². The highest BCUT2D eigenvalue weighted by atomic mass is 32.2. The third-order valence-electron chi connectivity index (χ3n) is 5.90. The van der Waals surface area contributed by atoms with Gasteiger partial charge in [-0.05, 0) is 61.8 Å². The molecule has 1 fully saturated rings. The maximum atomic E-state index is 5.92. The molecule has 1 aliphatic rings. The van der Waals surface area contributed by atoms with Crippen LogP contribution in [0.1, 0.15) is 61.2 Å². The minimum atomic E-state index is 0.513. The molecule has 0 N–H and O–H groups in total. The number of ether oxygens (including phenoxy) is 1. The first-order valence-corrected chi connectivity index (χ1v) is 13.6. The first-order valence-electron chi connectivity index (χ1n) is 11.5. The molecule has 170 valence electrons. The van der Waals surface area contributed by atoms with Crippen molar-refractivity contribution in [3.8, 4) is 5.75 Å². The second-order valence-corrected chi connectivity index (χ2v) is 10.0. The SMILES string of the molecule is CCCCCc1cnc(N2CCC(c3nc(COc4ccc(SC)cc4)cs3)CC2)nc1. The van der Waals surface area contributed by atoms with E-state index in [1.54, 1.807) is 23.1 Å². The number of thioether (sulfide) groups is 1. The van der Waals surface area contributed by atoms with E-state index >= 15 is 0 Å². The fourth-order valence-electron chi connectivity index (χ4n) is 3.95. The minimum Gasteiger partial charge on any atom is -0.487 e. The summed E-state index contributed by atoms with van der Waals surface area (Å²) in [6.07, 6.45) is 13.1. The number of hydrogen-bond acceptors (Lipinski definition) is 7. The van der Waals surface area contributed by atoms with Crippen LogP contribution in [0.4, 0.5) is 5.95 Å². The van der Waals surface area contributed by atoms with Crippen molar-refractivity contribution in [2.45, 2.75) is 62.9 Å². The molecule has 2 aromatic heterocycles. The van der Waals surface area contributed by atoms with Crippen molar-refractivity contribution in [3.63, 3.8) is 0 Å².